The Balaban J connectivity index is 1.91. The van der Waals surface area contributed by atoms with Gasteiger partial charge in [-0.2, -0.15) is 0 Å². The predicted molar refractivity (Wildman–Crippen MR) is 74.2 cm³/mol. The van der Waals surface area contributed by atoms with Gasteiger partial charge in [0.05, 0.1) is 17.9 Å². The van der Waals surface area contributed by atoms with Gasteiger partial charge in [0.2, 0.25) is 0 Å². The Kier molecular flexibility index (Phi) is 4.98. The van der Waals surface area contributed by atoms with Crippen LogP contribution in [-0.4, -0.2) is 28.0 Å². The lowest BCUT2D eigenvalue weighted by atomic mass is 10.3. The molecule has 102 valence electrons. The molecule has 2 heterocycles. The smallest absolute Gasteiger partial charge is 0.306 e. The highest BCUT2D eigenvalue weighted by atomic mass is 32.2. The van der Waals surface area contributed by atoms with Crippen LogP contribution in [0, 0.1) is 0 Å². The maximum Gasteiger partial charge on any atom is 0.306 e. The van der Waals surface area contributed by atoms with Gasteiger partial charge in [0.25, 0.3) is 11.1 Å². The number of aromatic nitrogens is 2. The van der Waals surface area contributed by atoms with Crippen LogP contribution in [-0.2, 0) is 9.53 Å². The maximum atomic E-state index is 11.3. The zero-order chi connectivity index (χ0) is 13.7. The molecule has 19 heavy (non-hydrogen) atoms. The highest BCUT2D eigenvalue weighted by Crippen LogP contribution is 2.29. The van der Waals surface area contributed by atoms with Crippen LogP contribution in [0.2, 0.25) is 0 Å². The van der Waals surface area contributed by atoms with E-state index in [1.54, 1.807) is 18.3 Å². The van der Waals surface area contributed by atoms with E-state index in [2.05, 4.69) is 10.2 Å². The van der Waals surface area contributed by atoms with Crippen molar-refractivity contribution in [1.29, 1.82) is 0 Å². The number of thioether (sulfide) groups is 1. The molecule has 0 aliphatic heterocycles. The van der Waals surface area contributed by atoms with E-state index < -0.39 is 0 Å². The molecule has 0 fully saturated rings. The molecule has 0 N–H and O–H groups in total. The summed E-state index contributed by atoms with van der Waals surface area (Å²) >= 11 is 2.93. The molecular weight excluding hydrogens is 284 g/mol. The van der Waals surface area contributed by atoms with Crippen LogP contribution < -0.4 is 0 Å². The monoisotopic (exact) mass is 298 g/mol. The van der Waals surface area contributed by atoms with Crippen molar-refractivity contribution < 1.29 is 13.9 Å². The van der Waals surface area contributed by atoms with E-state index in [-0.39, 0.29) is 11.2 Å². The Hall–Kier alpha value is -1.34. The summed E-state index contributed by atoms with van der Waals surface area (Å²) in [6.45, 7) is 4.12. The summed E-state index contributed by atoms with van der Waals surface area (Å²) in [5, 5.41) is 10.4. The number of ether oxygens (including phenoxy) is 1. The van der Waals surface area contributed by atoms with Crippen LogP contribution in [0.15, 0.2) is 27.2 Å². The fourth-order valence-electron chi connectivity index (χ4n) is 1.43. The van der Waals surface area contributed by atoms with Crippen LogP contribution in [0.1, 0.15) is 20.3 Å². The highest BCUT2D eigenvalue weighted by molar-refractivity contribution is 7.99. The second-order valence-corrected chi connectivity index (χ2v) is 6.13. The minimum Gasteiger partial charge on any atom is -0.466 e. The number of rotatable bonds is 6. The fraction of sp³-hybridized carbons (Fsp3) is 0.417. The molecule has 0 bridgehead atoms. The van der Waals surface area contributed by atoms with Crippen molar-refractivity contribution in [2.75, 3.05) is 6.61 Å². The zero-order valence-corrected chi connectivity index (χ0v) is 12.3. The standard InChI is InChI=1S/C12H14N2O3S2/c1-3-16-10(15)7-8(2)19-12-14-13-11(17-12)9-5-4-6-18-9/h4-6,8H,3,7H2,1-2H3. The SMILES string of the molecule is CCOC(=O)CC(C)Sc1nnc(-c2cccs2)o1. The van der Waals surface area contributed by atoms with E-state index in [9.17, 15) is 4.79 Å². The summed E-state index contributed by atoms with van der Waals surface area (Å²) in [6.07, 6.45) is 0.329. The van der Waals surface area contributed by atoms with E-state index in [0.717, 1.165) is 4.88 Å². The maximum absolute atomic E-state index is 11.3. The van der Waals surface area contributed by atoms with Gasteiger partial charge >= 0.3 is 5.97 Å². The lowest BCUT2D eigenvalue weighted by molar-refractivity contribution is -0.142. The van der Waals surface area contributed by atoms with Gasteiger partial charge in [-0.15, -0.1) is 21.5 Å². The number of carbonyl (C=O) groups is 1. The molecule has 1 unspecified atom stereocenters. The third-order valence-corrected chi connectivity index (χ3v) is 3.99. The van der Waals surface area contributed by atoms with Gasteiger partial charge in [-0.1, -0.05) is 24.8 Å². The molecule has 0 aliphatic rings. The highest BCUT2D eigenvalue weighted by Gasteiger charge is 2.16. The first-order chi connectivity index (χ1) is 9.19. The quantitative estimate of drug-likeness (QED) is 0.602. The molecule has 7 heteroatoms. The summed E-state index contributed by atoms with van der Waals surface area (Å²) in [5.41, 5.74) is 0. The van der Waals surface area contributed by atoms with Gasteiger partial charge in [-0.3, -0.25) is 4.79 Å². The number of carbonyl (C=O) groups excluding carboxylic acids is 1. The second kappa shape index (κ2) is 6.72. The average Bonchev–Trinajstić information content (AvgIpc) is 2.98. The zero-order valence-electron chi connectivity index (χ0n) is 10.7. The third-order valence-electron chi connectivity index (χ3n) is 2.20. The number of thiophene rings is 1. The van der Waals surface area contributed by atoms with Crippen LogP contribution >= 0.6 is 23.1 Å². The first kappa shape index (κ1) is 14.1. The van der Waals surface area contributed by atoms with E-state index in [0.29, 0.717) is 24.1 Å². The molecule has 2 aromatic heterocycles. The van der Waals surface area contributed by atoms with Gasteiger partial charge in [-0.05, 0) is 18.4 Å². The molecule has 0 radical (unpaired) electrons. The summed E-state index contributed by atoms with van der Waals surface area (Å²) in [5.74, 6) is 0.307. The molecule has 0 spiro atoms. The molecule has 0 saturated heterocycles. The van der Waals surface area contributed by atoms with Crippen LogP contribution in [0.4, 0.5) is 0 Å². The molecule has 1 atom stereocenters. The van der Waals surface area contributed by atoms with Crippen LogP contribution in [0.3, 0.4) is 0 Å². The minimum absolute atomic E-state index is 0.0377. The van der Waals surface area contributed by atoms with Crippen molar-refractivity contribution >= 4 is 29.1 Å². The van der Waals surface area contributed by atoms with E-state index >= 15 is 0 Å². The lowest BCUT2D eigenvalue weighted by Crippen LogP contribution is -2.10. The van der Waals surface area contributed by atoms with Gasteiger partial charge in [0.1, 0.15) is 0 Å². The molecule has 0 aromatic carbocycles. The molecule has 0 saturated carbocycles. The molecular formula is C12H14N2O3S2. The van der Waals surface area contributed by atoms with Crippen LogP contribution in [0.5, 0.6) is 0 Å². The Labute approximate surface area is 119 Å². The second-order valence-electron chi connectivity index (χ2n) is 3.79. The normalized spacial score (nSPS) is 12.3. The Morgan fingerprint density at radius 2 is 2.42 bits per heavy atom. The molecule has 0 aliphatic carbocycles. The van der Waals surface area contributed by atoms with Crippen LogP contribution in [0.25, 0.3) is 10.8 Å². The summed E-state index contributed by atoms with van der Waals surface area (Å²) < 4.78 is 10.4. The lowest BCUT2D eigenvalue weighted by Gasteiger charge is -2.06. The van der Waals surface area contributed by atoms with Crippen molar-refractivity contribution in [3.8, 4) is 10.8 Å². The van der Waals surface area contributed by atoms with Crippen molar-refractivity contribution in [2.24, 2.45) is 0 Å². The van der Waals surface area contributed by atoms with Crippen molar-refractivity contribution in [3.05, 3.63) is 17.5 Å². The topological polar surface area (TPSA) is 65.2 Å². The van der Waals surface area contributed by atoms with Gasteiger partial charge in [0.15, 0.2) is 0 Å². The molecule has 2 rings (SSSR count). The van der Waals surface area contributed by atoms with E-state index in [4.69, 9.17) is 9.15 Å². The Morgan fingerprint density at radius 1 is 1.58 bits per heavy atom. The Bertz CT molecular complexity index is 525. The number of esters is 1. The van der Waals surface area contributed by atoms with Crippen molar-refractivity contribution in [3.63, 3.8) is 0 Å². The van der Waals surface area contributed by atoms with Gasteiger partial charge in [0, 0.05) is 5.25 Å². The first-order valence-corrected chi connectivity index (χ1v) is 7.64. The third kappa shape index (κ3) is 4.07. The number of hydrogen-bond acceptors (Lipinski definition) is 7. The van der Waals surface area contributed by atoms with E-state index in [1.165, 1.54) is 11.8 Å². The number of nitrogens with zero attached hydrogens (tertiary/aromatic N) is 2. The Morgan fingerprint density at radius 3 is 3.11 bits per heavy atom. The first-order valence-electron chi connectivity index (χ1n) is 5.88. The van der Waals surface area contributed by atoms with Gasteiger partial charge in [-0.25, -0.2) is 0 Å². The average molecular weight is 298 g/mol. The predicted octanol–water partition coefficient (Wildman–Crippen LogP) is 3.23. The van der Waals surface area contributed by atoms with Gasteiger partial charge < -0.3 is 9.15 Å². The molecule has 0 amide bonds. The van der Waals surface area contributed by atoms with Crippen molar-refractivity contribution in [2.45, 2.75) is 30.7 Å². The van der Waals surface area contributed by atoms with Crippen molar-refractivity contribution in [1.82, 2.24) is 10.2 Å². The fourth-order valence-corrected chi connectivity index (χ4v) is 2.85. The minimum atomic E-state index is -0.208. The summed E-state index contributed by atoms with van der Waals surface area (Å²) in [4.78, 5) is 12.3. The van der Waals surface area contributed by atoms with E-state index in [1.807, 2.05) is 24.4 Å². The largest absolute Gasteiger partial charge is 0.466 e. The molecule has 2 aromatic rings. The summed E-state index contributed by atoms with van der Waals surface area (Å²) in [6, 6.07) is 3.86. The molecule has 5 nitrogen and oxygen atoms in total. The summed E-state index contributed by atoms with van der Waals surface area (Å²) in [7, 11) is 0. The number of hydrogen-bond donors (Lipinski definition) is 0.